The van der Waals surface area contributed by atoms with Crippen LogP contribution in [0.1, 0.15) is 65.2 Å². The Hall–Kier alpha value is -0.530. The predicted molar refractivity (Wildman–Crippen MR) is 65.9 cm³/mol. The number of carbonyl (C=O) groups excluding carboxylic acids is 1. The Bertz CT molecular complexity index is 136. The van der Waals surface area contributed by atoms with Crippen LogP contribution in [0.3, 0.4) is 0 Å². The number of hydrogen-bond acceptors (Lipinski definition) is 1. The van der Waals surface area contributed by atoms with E-state index in [-0.39, 0.29) is 0 Å². The smallest absolute Gasteiger partial charge is 0.209 e. The molecule has 0 aliphatic heterocycles. The fraction of sp³-hybridized carbons (Fsp3) is 0.923. The second kappa shape index (κ2) is 11.5. The van der Waals surface area contributed by atoms with Crippen LogP contribution in [0.2, 0.25) is 0 Å². The molecule has 0 saturated heterocycles. The van der Waals surface area contributed by atoms with Gasteiger partial charge in [0, 0.05) is 13.1 Å². The van der Waals surface area contributed by atoms with Gasteiger partial charge in [0.05, 0.1) is 0 Å². The third-order valence-electron chi connectivity index (χ3n) is 2.75. The van der Waals surface area contributed by atoms with E-state index in [9.17, 15) is 4.79 Å². The predicted octanol–water partition coefficient (Wildman–Crippen LogP) is 3.61. The van der Waals surface area contributed by atoms with Gasteiger partial charge in [-0.25, -0.2) is 0 Å². The van der Waals surface area contributed by atoms with Gasteiger partial charge in [0.1, 0.15) is 0 Å². The molecule has 0 spiro atoms. The first-order chi connectivity index (χ1) is 7.35. The standard InChI is InChI=1S/C13H27NO/c1-3-5-7-8-9-10-12-14(13-15)11-6-4-2/h13H,3-12H2,1-2H3. The number of hydrogen-bond donors (Lipinski definition) is 0. The van der Waals surface area contributed by atoms with Crippen LogP contribution in [0.15, 0.2) is 0 Å². The number of nitrogens with zero attached hydrogens (tertiary/aromatic N) is 1. The molecule has 15 heavy (non-hydrogen) atoms. The summed E-state index contributed by atoms with van der Waals surface area (Å²) < 4.78 is 0. The van der Waals surface area contributed by atoms with E-state index in [1.807, 2.05) is 4.90 Å². The topological polar surface area (TPSA) is 20.3 Å². The molecule has 0 rings (SSSR count). The van der Waals surface area contributed by atoms with Crippen LogP contribution in [0.4, 0.5) is 0 Å². The molecule has 0 aromatic carbocycles. The van der Waals surface area contributed by atoms with Crippen LogP contribution in [0.25, 0.3) is 0 Å². The molecule has 1 amide bonds. The maximum atomic E-state index is 10.7. The normalized spacial score (nSPS) is 10.3. The molecule has 0 aliphatic carbocycles. The van der Waals surface area contributed by atoms with Gasteiger partial charge in [-0.05, 0) is 12.8 Å². The van der Waals surface area contributed by atoms with E-state index in [1.54, 1.807) is 0 Å². The summed E-state index contributed by atoms with van der Waals surface area (Å²) in [5.41, 5.74) is 0. The number of carbonyl (C=O) groups is 1. The van der Waals surface area contributed by atoms with E-state index < -0.39 is 0 Å². The lowest BCUT2D eigenvalue weighted by Gasteiger charge is -2.16. The first-order valence-corrected chi connectivity index (χ1v) is 6.54. The van der Waals surface area contributed by atoms with Crippen LogP contribution >= 0.6 is 0 Å². The molecule has 0 fully saturated rings. The van der Waals surface area contributed by atoms with Gasteiger partial charge in [-0.3, -0.25) is 4.79 Å². The molecule has 0 aromatic heterocycles. The fourth-order valence-electron chi connectivity index (χ4n) is 1.67. The zero-order valence-corrected chi connectivity index (χ0v) is 10.5. The number of rotatable bonds is 11. The zero-order chi connectivity index (χ0) is 11.4. The molecule has 2 nitrogen and oxygen atoms in total. The summed E-state index contributed by atoms with van der Waals surface area (Å²) >= 11 is 0. The van der Waals surface area contributed by atoms with Crippen molar-refractivity contribution in [1.82, 2.24) is 4.90 Å². The molecule has 0 saturated carbocycles. The van der Waals surface area contributed by atoms with E-state index in [0.29, 0.717) is 0 Å². The summed E-state index contributed by atoms with van der Waals surface area (Å²) in [6.45, 7) is 6.29. The van der Waals surface area contributed by atoms with Gasteiger partial charge in [0.15, 0.2) is 0 Å². The van der Waals surface area contributed by atoms with Crippen molar-refractivity contribution in [2.75, 3.05) is 13.1 Å². The van der Waals surface area contributed by atoms with Crippen molar-refractivity contribution in [3.05, 3.63) is 0 Å². The highest BCUT2D eigenvalue weighted by atomic mass is 16.1. The molecule has 0 radical (unpaired) electrons. The summed E-state index contributed by atoms with van der Waals surface area (Å²) in [7, 11) is 0. The molecule has 90 valence electrons. The van der Waals surface area contributed by atoms with Crippen molar-refractivity contribution < 1.29 is 4.79 Å². The first kappa shape index (κ1) is 14.5. The van der Waals surface area contributed by atoms with Gasteiger partial charge in [0.25, 0.3) is 0 Å². The van der Waals surface area contributed by atoms with Gasteiger partial charge in [-0.2, -0.15) is 0 Å². The second-order valence-electron chi connectivity index (χ2n) is 4.26. The minimum Gasteiger partial charge on any atom is -0.345 e. The van der Waals surface area contributed by atoms with E-state index in [2.05, 4.69) is 13.8 Å². The quantitative estimate of drug-likeness (QED) is 0.379. The van der Waals surface area contributed by atoms with Gasteiger partial charge < -0.3 is 4.90 Å². The van der Waals surface area contributed by atoms with Crippen LogP contribution in [0.5, 0.6) is 0 Å². The molecule has 0 aromatic rings. The Labute approximate surface area is 95.0 Å². The maximum absolute atomic E-state index is 10.7. The minimum absolute atomic E-state index is 0.939. The average Bonchev–Trinajstić information content (AvgIpc) is 2.27. The van der Waals surface area contributed by atoms with Crippen LogP contribution in [0, 0.1) is 0 Å². The monoisotopic (exact) mass is 213 g/mol. The van der Waals surface area contributed by atoms with Crippen LogP contribution in [-0.2, 0) is 4.79 Å². The Morgan fingerprint density at radius 3 is 1.93 bits per heavy atom. The molecular weight excluding hydrogens is 186 g/mol. The molecule has 0 aliphatic rings. The van der Waals surface area contributed by atoms with Crippen LogP contribution < -0.4 is 0 Å². The summed E-state index contributed by atoms with van der Waals surface area (Å²) in [4.78, 5) is 12.6. The Kier molecular flexibility index (Phi) is 11.1. The Balaban J connectivity index is 3.26. The third kappa shape index (κ3) is 9.77. The van der Waals surface area contributed by atoms with Gasteiger partial charge in [0.2, 0.25) is 6.41 Å². The zero-order valence-electron chi connectivity index (χ0n) is 10.5. The summed E-state index contributed by atoms with van der Waals surface area (Å²) in [6.07, 6.45) is 11.1. The largest absolute Gasteiger partial charge is 0.345 e. The van der Waals surface area contributed by atoms with Crippen molar-refractivity contribution in [3.8, 4) is 0 Å². The Morgan fingerprint density at radius 2 is 1.33 bits per heavy atom. The van der Waals surface area contributed by atoms with Crippen molar-refractivity contribution in [2.45, 2.75) is 65.2 Å². The average molecular weight is 213 g/mol. The molecular formula is C13H27NO. The maximum Gasteiger partial charge on any atom is 0.209 e. The SMILES string of the molecule is CCCCCCCCN(C=O)CCCC. The van der Waals surface area contributed by atoms with Crippen molar-refractivity contribution in [1.29, 1.82) is 0 Å². The van der Waals surface area contributed by atoms with E-state index in [4.69, 9.17) is 0 Å². The lowest BCUT2D eigenvalue weighted by atomic mass is 10.1. The van der Waals surface area contributed by atoms with Crippen LogP contribution in [-0.4, -0.2) is 24.4 Å². The van der Waals surface area contributed by atoms with Crippen molar-refractivity contribution >= 4 is 6.41 Å². The van der Waals surface area contributed by atoms with E-state index >= 15 is 0 Å². The number of amides is 1. The van der Waals surface area contributed by atoms with Gasteiger partial charge in [-0.1, -0.05) is 52.4 Å². The fourth-order valence-corrected chi connectivity index (χ4v) is 1.67. The lowest BCUT2D eigenvalue weighted by Crippen LogP contribution is -2.24. The van der Waals surface area contributed by atoms with E-state index in [0.717, 1.165) is 25.9 Å². The molecule has 0 bridgehead atoms. The lowest BCUT2D eigenvalue weighted by molar-refractivity contribution is -0.118. The van der Waals surface area contributed by atoms with Gasteiger partial charge >= 0.3 is 0 Å². The second-order valence-corrected chi connectivity index (χ2v) is 4.26. The number of unbranched alkanes of at least 4 members (excludes halogenated alkanes) is 6. The highest BCUT2D eigenvalue weighted by Crippen LogP contribution is 2.05. The summed E-state index contributed by atoms with van der Waals surface area (Å²) in [6, 6.07) is 0. The molecule has 0 atom stereocenters. The molecule has 0 heterocycles. The first-order valence-electron chi connectivity index (χ1n) is 6.54. The highest BCUT2D eigenvalue weighted by Gasteiger charge is 1.99. The highest BCUT2D eigenvalue weighted by molar-refractivity contribution is 5.46. The molecule has 0 unspecified atom stereocenters. The Morgan fingerprint density at radius 1 is 0.800 bits per heavy atom. The van der Waals surface area contributed by atoms with Crippen molar-refractivity contribution in [3.63, 3.8) is 0 Å². The van der Waals surface area contributed by atoms with Crippen molar-refractivity contribution in [2.24, 2.45) is 0 Å². The van der Waals surface area contributed by atoms with E-state index in [1.165, 1.54) is 44.9 Å². The minimum atomic E-state index is 0.939. The summed E-state index contributed by atoms with van der Waals surface area (Å²) in [5.74, 6) is 0. The molecule has 0 N–H and O–H groups in total. The summed E-state index contributed by atoms with van der Waals surface area (Å²) in [5, 5.41) is 0. The van der Waals surface area contributed by atoms with Gasteiger partial charge in [-0.15, -0.1) is 0 Å². The third-order valence-corrected chi connectivity index (χ3v) is 2.75. The molecule has 2 heteroatoms.